The van der Waals surface area contributed by atoms with Gasteiger partial charge in [0.1, 0.15) is 5.75 Å². The number of benzene rings is 2. The highest BCUT2D eigenvalue weighted by Gasteiger charge is 2.11. The number of urea groups is 1. The van der Waals surface area contributed by atoms with E-state index in [9.17, 15) is 9.59 Å². The summed E-state index contributed by atoms with van der Waals surface area (Å²) in [5.41, 5.74) is 6.28. The lowest BCUT2D eigenvalue weighted by molar-refractivity contribution is 0.102. The highest BCUT2D eigenvalue weighted by Crippen LogP contribution is 2.28. The molecule has 0 atom stereocenters. The summed E-state index contributed by atoms with van der Waals surface area (Å²) in [5.74, 6) is 0.123. The van der Waals surface area contributed by atoms with Gasteiger partial charge in [0.15, 0.2) is 0 Å². The number of primary amides is 1. The molecule has 0 aliphatic heterocycles. The maximum Gasteiger partial charge on any atom is 0.316 e. The number of methoxy groups -OCH3 is 1. The van der Waals surface area contributed by atoms with E-state index in [0.29, 0.717) is 27.7 Å². The van der Waals surface area contributed by atoms with E-state index in [1.54, 1.807) is 36.4 Å². The highest BCUT2D eigenvalue weighted by atomic mass is 35.5. The maximum atomic E-state index is 12.3. The summed E-state index contributed by atoms with van der Waals surface area (Å²) in [4.78, 5) is 23.1. The lowest BCUT2D eigenvalue weighted by Gasteiger charge is -2.11. The summed E-state index contributed by atoms with van der Waals surface area (Å²) in [6.45, 7) is 0. The SMILES string of the molecule is COc1ccc(Cl)cc1NC(=O)c1cccc(NC(N)=O)c1. The van der Waals surface area contributed by atoms with Crippen LogP contribution in [0.3, 0.4) is 0 Å². The summed E-state index contributed by atoms with van der Waals surface area (Å²) < 4.78 is 5.17. The number of nitrogens with two attached hydrogens (primary N) is 1. The van der Waals surface area contributed by atoms with E-state index in [2.05, 4.69) is 10.6 Å². The van der Waals surface area contributed by atoms with Crippen molar-refractivity contribution < 1.29 is 14.3 Å². The minimum Gasteiger partial charge on any atom is -0.495 e. The first-order valence-corrected chi connectivity index (χ1v) is 6.69. The molecular formula is C15H14ClN3O3. The predicted octanol–water partition coefficient (Wildman–Crippen LogP) is 3.09. The van der Waals surface area contributed by atoms with Gasteiger partial charge in [-0.1, -0.05) is 17.7 Å². The van der Waals surface area contributed by atoms with Gasteiger partial charge in [0.2, 0.25) is 0 Å². The Balaban J connectivity index is 2.22. The molecule has 0 saturated heterocycles. The minimum absolute atomic E-state index is 0.355. The summed E-state index contributed by atoms with van der Waals surface area (Å²) in [6.07, 6.45) is 0. The largest absolute Gasteiger partial charge is 0.495 e. The molecule has 0 saturated carbocycles. The average molecular weight is 320 g/mol. The van der Waals surface area contributed by atoms with E-state index in [-0.39, 0.29) is 5.91 Å². The predicted molar refractivity (Wildman–Crippen MR) is 85.6 cm³/mol. The molecule has 0 aliphatic carbocycles. The Morgan fingerprint density at radius 3 is 2.59 bits per heavy atom. The number of anilines is 2. The van der Waals surface area contributed by atoms with Crippen LogP contribution in [0.1, 0.15) is 10.4 Å². The number of halogens is 1. The van der Waals surface area contributed by atoms with Gasteiger partial charge >= 0.3 is 6.03 Å². The lowest BCUT2D eigenvalue weighted by atomic mass is 10.2. The van der Waals surface area contributed by atoms with Crippen molar-refractivity contribution in [2.24, 2.45) is 5.73 Å². The molecule has 2 aromatic carbocycles. The normalized spacial score (nSPS) is 9.91. The summed E-state index contributed by atoms with van der Waals surface area (Å²) >= 11 is 5.92. The molecule has 4 N–H and O–H groups in total. The van der Waals surface area contributed by atoms with Crippen LogP contribution in [0.25, 0.3) is 0 Å². The Labute approximate surface area is 132 Å². The zero-order chi connectivity index (χ0) is 16.1. The third kappa shape index (κ3) is 3.89. The summed E-state index contributed by atoms with van der Waals surface area (Å²) in [5, 5.41) is 5.59. The quantitative estimate of drug-likeness (QED) is 0.808. The van der Waals surface area contributed by atoms with E-state index < -0.39 is 6.03 Å². The first kappa shape index (κ1) is 15.7. The van der Waals surface area contributed by atoms with Crippen molar-refractivity contribution in [1.82, 2.24) is 0 Å². The second-order valence-corrected chi connectivity index (χ2v) is 4.81. The Kier molecular flexibility index (Phi) is 4.85. The fourth-order valence-corrected chi connectivity index (χ4v) is 2.02. The number of rotatable bonds is 4. The number of nitrogens with one attached hydrogen (secondary N) is 2. The fourth-order valence-electron chi connectivity index (χ4n) is 1.85. The van der Waals surface area contributed by atoms with Crippen molar-refractivity contribution in [3.63, 3.8) is 0 Å². The van der Waals surface area contributed by atoms with Gasteiger partial charge in [-0.2, -0.15) is 0 Å². The molecule has 0 heterocycles. The topological polar surface area (TPSA) is 93.4 Å². The van der Waals surface area contributed by atoms with Gasteiger partial charge in [0.05, 0.1) is 12.8 Å². The molecule has 3 amide bonds. The molecule has 0 aliphatic rings. The second kappa shape index (κ2) is 6.82. The third-order valence-corrected chi connectivity index (χ3v) is 3.04. The third-order valence-electron chi connectivity index (χ3n) is 2.80. The van der Waals surface area contributed by atoms with Crippen LogP contribution in [0, 0.1) is 0 Å². The first-order chi connectivity index (χ1) is 10.5. The maximum absolute atomic E-state index is 12.3. The van der Waals surface area contributed by atoms with Gasteiger partial charge in [-0.3, -0.25) is 4.79 Å². The molecule has 6 nitrogen and oxygen atoms in total. The van der Waals surface area contributed by atoms with Gasteiger partial charge in [0, 0.05) is 16.3 Å². The molecule has 2 rings (SSSR count). The molecule has 2 aromatic rings. The number of amides is 3. The summed E-state index contributed by atoms with van der Waals surface area (Å²) in [6, 6.07) is 10.6. The van der Waals surface area contributed by atoms with Crippen molar-refractivity contribution >= 4 is 34.9 Å². The Morgan fingerprint density at radius 1 is 1.14 bits per heavy atom. The van der Waals surface area contributed by atoms with Crippen LogP contribution in [-0.4, -0.2) is 19.0 Å². The van der Waals surface area contributed by atoms with Crippen molar-refractivity contribution in [3.05, 3.63) is 53.1 Å². The van der Waals surface area contributed by atoms with Crippen molar-refractivity contribution in [1.29, 1.82) is 0 Å². The molecular weight excluding hydrogens is 306 g/mol. The van der Waals surface area contributed by atoms with Crippen LogP contribution in [0.15, 0.2) is 42.5 Å². The highest BCUT2D eigenvalue weighted by molar-refractivity contribution is 6.31. The molecule has 0 aromatic heterocycles. The monoisotopic (exact) mass is 319 g/mol. The molecule has 0 bridgehead atoms. The van der Waals surface area contributed by atoms with Gasteiger partial charge < -0.3 is 21.1 Å². The molecule has 0 spiro atoms. The first-order valence-electron chi connectivity index (χ1n) is 6.31. The molecule has 114 valence electrons. The van der Waals surface area contributed by atoms with Gasteiger partial charge in [0.25, 0.3) is 5.91 Å². The van der Waals surface area contributed by atoms with Crippen molar-refractivity contribution in [2.45, 2.75) is 0 Å². The van der Waals surface area contributed by atoms with Crippen LogP contribution in [-0.2, 0) is 0 Å². The molecule has 7 heteroatoms. The minimum atomic E-state index is -0.700. The Bertz CT molecular complexity index is 719. The van der Waals surface area contributed by atoms with Crippen LogP contribution >= 0.6 is 11.6 Å². The number of carbonyl (C=O) groups excluding carboxylic acids is 2. The fraction of sp³-hybridized carbons (Fsp3) is 0.0667. The van der Waals surface area contributed by atoms with Gasteiger partial charge in [-0.05, 0) is 36.4 Å². The van der Waals surface area contributed by atoms with E-state index >= 15 is 0 Å². The smallest absolute Gasteiger partial charge is 0.316 e. The zero-order valence-electron chi connectivity index (χ0n) is 11.7. The van der Waals surface area contributed by atoms with Crippen LogP contribution in [0.4, 0.5) is 16.2 Å². The Morgan fingerprint density at radius 2 is 1.91 bits per heavy atom. The summed E-state index contributed by atoms with van der Waals surface area (Å²) in [7, 11) is 1.50. The molecule has 0 fully saturated rings. The van der Waals surface area contributed by atoms with Crippen molar-refractivity contribution in [2.75, 3.05) is 17.7 Å². The molecule has 22 heavy (non-hydrogen) atoms. The van der Waals surface area contributed by atoms with Gasteiger partial charge in [-0.15, -0.1) is 0 Å². The van der Waals surface area contributed by atoms with E-state index in [4.69, 9.17) is 22.1 Å². The van der Waals surface area contributed by atoms with Crippen LogP contribution < -0.4 is 21.1 Å². The Hall–Kier alpha value is -2.73. The number of ether oxygens (including phenoxy) is 1. The molecule has 0 radical (unpaired) electrons. The number of hydrogen-bond donors (Lipinski definition) is 3. The van der Waals surface area contributed by atoms with E-state index in [0.717, 1.165) is 0 Å². The van der Waals surface area contributed by atoms with E-state index in [1.807, 2.05) is 0 Å². The van der Waals surface area contributed by atoms with Crippen LogP contribution in [0.2, 0.25) is 5.02 Å². The van der Waals surface area contributed by atoms with E-state index in [1.165, 1.54) is 13.2 Å². The average Bonchev–Trinajstić information content (AvgIpc) is 2.47. The number of carbonyl (C=O) groups is 2. The molecule has 0 unspecified atom stereocenters. The van der Waals surface area contributed by atoms with Crippen molar-refractivity contribution in [3.8, 4) is 5.75 Å². The zero-order valence-corrected chi connectivity index (χ0v) is 12.5. The van der Waals surface area contributed by atoms with Crippen LogP contribution in [0.5, 0.6) is 5.75 Å². The lowest BCUT2D eigenvalue weighted by Crippen LogP contribution is -2.20. The second-order valence-electron chi connectivity index (χ2n) is 4.37. The standard InChI is InChI=1S/C15H14ClN3O3/c1-22-13-6-5-10(16)8-12(13)19-14(20)9-3-2-4-11(7-9)18-15(17)21/h2-8H,1H3,(H,19,20)(H3,17,18,21). The number of hydrogen-bond acceptors (Lipinski definition) is 3. The van der Waals surface area contributed by atoms with Gasteiger partial charge in [-0.25, -0.2) is 4.79 Å².